The van der Waals surface area contributed by atoms with Gasteiger partial charge in [-0.2, -0.15) is 0 Å². The van der Waals surface area contributed by atoms with Crippen LogP contribution in [0.2, 0.25) is 5.02 Å². The number of hydrogen-bond donors (Lipinski definition) is 2. The molecule has 0 amide bonds. The van der Waals surface area contributed by atoms with Crippen LogP contribution in [0.1, 0.15) is 5.56 Å². The molecular formula is C18H17ClN4O2S. The summed E-state index contributed by atoms with van der Waals surface area (Å²) < 4.78 is 27.0. The zero-order chi connectivity index (χ0) is 18.4. The molecule has 0 bridgehead atoms. The van der Waals surface area contributed by atoms with Gasteiger partial charge >= 0.3 is 0 Å². The van der Waals surface area contributed by atoms with Crippen molar-refractivity contribution in [3.05, 3.63) is 77.3 Å². The standard InChI is InChI=1S/C18H17ClN4O2S/c19-15-6-8-16(9-7-15)26(24,25)23-18-11-10-17(21-22-18)20-13-12-14-4-2-1-3-5-14/h1-11H,12-13H2,(H,20,21)(H,22,23). The van der Waals surface area contributed by atoms with Crippen LogP contribution in [0.4, 0.5) is 11.6 Å². The van der Waals surface area contributed by atoms with Crippen LogP contribution in [-0.4, -0.2) is 25.2 Å². The molecule has 6 nitrogen and oxygen atoms in total. The van der Waals surface area contributed by atoms with E-state index in [4.69, 9.17) is 11.6 Å². The van der Waals surface area contributed by atoms with E-state index >= 15 is 0 Å². The molecule has 0 unspecified atom stereocenters. The second-order valence-corrected chi connectivity index (χ2v) is 7.64. The van der Waals surface area contributed by atoms with E-state index in [0.717, 1.165) is 6.42 Å². The van der Waals surface area contributed by atoms with Gasteiger partial charge < -0.3 is 5.32 Å². The van der Waals surface area contributed by atoms with Gasteiger partial charge in [0.1, 0.15) is 5.82 Å². The van der Waals surface area contributed by atoms with Gasteiger partial charge in [0.2, 0.25) is 0 Å². The Morgan fingerprint density at radius 2 is 1.50 bits per heavy atom. The smallest absolute Gasteiger partial charge is 0.263 e. The van der Waals surface area contributed by atoms with Gasteiger partial charge in [0.05, 0.1) is 4.90 Å². The summed E-state index contributed by atoms with van der Waals surface area (Å²) >= 11 is 5.78. The van der Waals surface area contributed by atoms with Crippen LogP contribution >= 0.6 is 11.6 Å². The van der Waals surface area contributed by atoms with Gasteiger partial charge in [0, 0.05) is 11.6 Å². The van der Waals surface area contributed by atoms with Crippen molar-refractivity contribution in [2.45, 2.75) is 11.3 Å². The molecule has 134 valence electrons. The summed E-state index contributed by atoms with van der Waals surface area (Å²) in [5.41, 5.74) is 1.22. The first-order valence-electron chi connectivity index (χ1n) is 7.93. The van der Waals surface area contributed by atoms with Gasteiger partial charge in [0.25, 0.3) is 10.0 Å². The van der Waals surface area contributed by atoms with Crippen molar-refractivity contribution in [3.8, 4) is 0 Å². The Hall–Kier alpha value is -2.64. The minimum absolute atomic E-state index is 0.105. The summed E-state index contributed by atoms with van der Waals surface area (Å²) in [7, 11) is -3.73. The Bertz CT molecular complexity index is 947. The van der Waals surface area contributed by atoms with Crippen LogP contribution < -0.4 is 10.0 Å². The van der Waals surface area contributed by atoms with E-state index in [1.807, 2.05) is 18.2 Å². The number of aromatic nitrogens is 2. The molecule has 0 spiro atoms. The van der Waals surface area contributed by atoms with Gasteiger partial charge in [-0.25, -0.2) is 8.42 Å². The molecule has 1 aromatic heterocycles. The maximum absolute atomic E-state index is 12.3. The molecule has 0 saturated carbocycles. The predicted molar refractivity (Wildman–Crippen MR) is 103 cm³/mol. The lowest BCUT2D eigenvalue weighted by Gasteiger charge is -2.08. The average molecular weight is 389 g/mol. The highest BCUT2D eigenvalue weighted by Crippen LogP contribution is 2.17. The van der Waals surface area contributed by atoms with Gasteiger partial charge in [-0.1, -0.05) is 41.9 Å². The molecule has 3 aromatic rings. The number of hydrogen-bond acceptors (Lipinski definition) is 5. The van der Waals surface area contributed by atoms with Crippen molar-refractivity contribution in [3.63, 3.8) is 0 Å². The zero-order valence-corrected chi connectivity index (χ0v) is 15.3. The van der Waals surface area contributed by atoms with E-state index in [1.165, 1.54) is 29.8 Å². The SMILES string of the molecule is O=S(=O)(Nc1ccc(NCCc2ccccc2)nn1)c1ccc(Cl)cc1. The highest BCUT2D eigenvalue weighted by molar-refractivity contribution is 7.92. The summed E-state index contributed by atoms with van der Waals surface area (Å²) in [4.78, 5) is 0.105. The van der Waals surface area contributed by atoms with Crippen LogP contribution in [0.5, 0.6) is 0 Å². The molecule has 0 aliphatic heterocycles. The molecule has 0 atom stereocenters. The van der Waals surface area contributed by atoms with Crippen molar-refractivity contribution in [1.29, 1.82) is 0 Å². The fraction of sp³-hybridized carbons (Fsp3) is 0.111. The summed E-state index contributed by atoms with van der Waals surface area (Å²) in [6.45, 7) is 0.703. The Morgan fingerprint density at radius 3 is 2.15 bits per heavy atom. The molecule has 1 heterocycles. The van der Waals surface area contributed by atoms with E-state index in [9.17, 15) is 8.42 Å². The van der Waals surface area contributed by atoms with Crippen LogP contribution in [-0.2, 0) is 16.4 Å². The summed E-state index contributed by atoms with van der Waals surface area (Å²) in [5, 5.41) is 11.5. The molecular weight excluding hydrogens is 372 g/mol. The molecule has 8 heteroatoms. The molecule has 0 saturated heterocycles. The summed E-state index contributed by atoms with van der Waals surface area (Å²) in [6.07, 6.45) is 0.855. The molecule has 0 aliphatic rings. The first kappa shape index (κ1) is 18.2. The van der Waals surface area contributed by atoms with Crippen LogP contribution in [0.15, 0.2) is 71.6 Å². The lowest BCUT2D eigenvalue weighted by atomic mass is 10.1. The van der Waals surface area contributed by atoms with Crippen LogP contribution in [0, 0.1) is 0 Å². The normalized spacial score (nSPS) is 11.1. The van der Waals surface area contributed by atoms with Crippen molar-refractivity contribution in [1.82, 2.24) is 10.2 Å². The second kappa shape index (κ2) is 8.16. The van der Waals surface area contributed by atoms with E-state index in [0.29, 0.717) is 17.4 Å². The fourth-order valence-corrected chi connectivity index (χ4v) is 3.39. The highest BCUT2D eigenvalue weighted by atomic mass is 35.5. The summed E-state index contributed by atoms with van der Waals surface area (Å²) in [5.74, 6) is 0.726. The molecule has 0 fully saturated rings. The molecule has 2 aromatic carbocycles. The second-order valence-electron chi connectivity index (χ2n) is 5.53. The van der Waals surface area contributed by atoms with Crippen molar-refractivity contribution in [2.24, 2.45) is 0 Å². The van der Waals surface area contributed by atoms with Crippen molar-refractivity contribution >= 4 is 33.3 Å². The Balaban J connectivity index is 1.58. The third-order valence-electron chi connectivity index (χ3n) is 3.59. The Morgan fingerprint density at radius 1 is 0.846 bits per heavy atom. The van der Waals surface area contributed by atoms with Crippen molar-refractivity contribution in [2.75, 3.05) is 16.6 Å². The van der Waals surface area contributed by atoms with Crippen LogP contribution in [0.3, 0.4) is 0 Å². The molecule has 26 heavy (non-hydrogen) atoms. The first-order chi connectivity index (χ1) is 12.5. The largest absolute Gasteiger partial charge is 0.368 e. The number of sulfonamides is 1. The number of halogens is 1. The number of nitrogens with zero attached hydrogens (tertiary/aromatic N) is 2. The lowest BCUT2D eigenvalue weighted by Crippen LogP contribution is -2.14. The zero-order valence-electron chi connectivity index (χ0n) is 13.8. The molecule has 2 N–H and O–H groups in total. The van der Waals surface area contributed by atoms with Gasteiger partial charge in [-0.05, 0) is 48.4 Å². The lowest BCUT2D eigenvalue weighted by molar-refractivity contribution is 0.601. The highest BCUT2D eigenvalue weighted by Gasteiger charge is 2.14. The van der Waals surface area contributed by atoms with Gasteiger partial charge in [0.15, 0.2) is 5.82 Å². The quantitative estimate of drug-likeness (QED) is 0.646. The first-order valence-corrected chi connectivity index (χ1v) is 9.79. The molecule has 3 rings (SSSR count). The third kappa shape index (κ3) is 4.93. The summed E-state index contributed by atoms with van der Waals surface area (Å²) in [6, 6.07) is 19.2. The minimum atomic E-state index is -3.73. The van der Waals surface area contributed by atoms with E-state index in [-0.39, 0.29) is 10.7 Å². The Kier molecular flexibility index (Phi) is 5.70. The van der Waals surface area contributed by atoms with E-state index in [2.05, 4.69) is 32.4 Å². The van der Waals surface area contributed by atoms with E-state index < -0.39 is 10.0 Å². The van der Waals surface area contributed by atoms with E-state index in [1.54, 1.807) is 12.1 Å². The predicted octanol–water partition coefficient (Wildman–Crippen LogP) is 3.59. The number of nitrogens with one attached hydrogen (secondary N) is 2. The number of benzene rings is 2. The van der Waals surface area contributed by atoms with Crippen LogP contribution in [0.25, 0.3) is 0 Å². The Labute approximate surface area is 157 Å². The molecule has 0 radical (unpaired) electrons. The minimum Gasteiger partial charge on any atom is -0.368 e. The maximum atomic E-state index is 12.3. The third-order valence-corrected chi connectivity index (χ3v) is 5.21. The van der Waals surface area contributed by atoms with Crippen molar-refractivity contribution < 1.29 is 8.42 Å². The monoisotopic (exact) mass is 388 g/mol. The number of anilines is 2. The fourth-order valence-electron chi connectivity index (χ4n) is 2.27. The number of rotatable bonds is 7. The topological polar surface area (TPSA) is 84.0 Å². The average Bonchev–Trinajstić information content (AvgIpc) is 2.64. The van der Waals surface area contributed by atoms with Gasteiger partial charge in [-0.3, -0.25) is 4.72 Å². The molecule has 0 aliphatic carbocycles. The maximum Gasteiger partial charge on any atom is 0.263 e. The van der Waals surface area contributed by atoms with Gasteiger partial charge in [-0.15, -0.1) is 10.2 Å².